The standard InChI is InChI=1S/2C18H20N8O10S3.C18H36.2C7H18S4.2O2S/c2*1-6-8(12-20-19-7(2)33-12)10(14-22-25-17(35-14)38(4,29)30)11(15-23-26-18(36-15)39(5,31)32)9(6)13-21-24-16(34-13)37(3,27)28;1-11(2)13(5)9-17-15(7)16(8)18(17)10-14(6)12(3)4;2*1-5(2)11(10,6(3)8)7(4)9;2*1-3-2/h2*6,8-11H,1-5H3;11-18H,9-10H2,1-8H3;2*5-10H,1-4H3;;. The fourth-order valence-corrected chi connectivity index (χ4v) is 27.6. The van der Waals surface area contributed by atoms with E-state index in [-0.39, 0.29) is 58.9 Å². The summed E-state index contributed by atoms with van der Waals surface area (Å²) in [6.45, 7) is 43.1. The first-order valence-electron chi connectivity index (χ1n) is 38.3. The SMILES string of the molecule is CC(C)C(C)CC1C(C)C(C)C1CC(C)C(C)C.CC(C)S(S)(C(C)S)C(C)S.CC(C)S(S)(C(C)S)C(C)S.Cc1nnc(C2C(C)C(c3nnc(S(C)(=O)=O)o3)C(c3nnc(S(C)(=O)=O)o3)C2c2nnc(S(C)(=O)=O)o2)o1.Cc1nnc(C2C(C)C(c3nnc(S(C)(=O)=O)o3)C(c3nnc(S(C)(=O)=O)o3)C2c2nnc(S(C)(=O)=O)o2)o1.O=S=O.O=S=O. The second kappa shape index (κ2) is 44.5. The van der Waals surface area contributed by atoms with Gasteiger partial charge in [-0.3, -0.25) is 0 Å². The molecule has 3 aliphatic rings. The van der Waals surface area contributed by atoms with Crippen LogP contribution in [0.25, 0.3) is 0 Å². The molecule has 20 unspecified atom stereocenters. The molecule has 8 aromatic rings. The monoisotopic (exact) mass is 2050 g/mol. The summed E-state index contributed by atoms with van der Waals surface area (Å²) in [6, 6.07) is 0. The van der Waals surface area contributed by atoms with E-state index in [1.54, 1.807) is 27.7 Å². The van der Waals surface area contributed by atoms with Gasteiger partial charge in [0.05, 0.1) is 47.3 Å². The molecule has 0 radical (unpaired) electrons. The van der Waals surface area contributed by atoms with Crippen molar-refractivity contribution < 1.29 is 103 Å². The Morgan fingerprint density at radius 2 is 0.444 bits per heavy atom. The van der Waals surface area contributed by atoms with Crippen LogP contribution in [0.3, 0.4) is 0 Å². The summed E-state index contributed by atoms with van der Waals surface area (Å²) < 4.78 is 224. The lowest BCUT2D eigenvalue weighted by Gasteiger charge is -2.52. The first-order valence-corrected chi connectivity index (χ1v) is 58.8. The molecule has 8 aromatic heterocycles. The average Bonchev–Trinajstić information content (AvgIpc) is 1.57. The summed E-state index contributed by atoms with van der Waals surface area (Å²) in [5.41, 5.74) is 0. The van der Waals surface area contributed by atoms with E-state index in [9.17, 15) is 50.5 Å². The van der Waals surface area contributed by atoms with Gasteiger partial charge < -0.3 is 35.3 Å². The molecule has 8 heterocycles. The topological polar surface area (TPSA) is 584 Å². The number of nitrogens with zero attached hydrogens (tertiary/aromatic N) is 16. The van der Waals surface area contributed by atoms with Crippen molar-refractivity contribution in [2.45, 2.75) is 259 Å². The highest BCUT2D eigenvalue weighted by Crippen LogP contribution is 2.68. The lowest BCUT2D eigenvalue weighted by atomic mass is 9.53. The van der Waals surface area contributed by atoms with Crippen LogP contribution < -0.4 is 0 Å². The van der Waals surface area contributed by atoms with Crippen LogP contribution >= 0.6 is 92.0 Å². The van der Waals surface area contributed by atoms with Gasteiger partial charge >= 0.3 is 54.5 Å². The van der Waals surface area contributed by atoms with Crippen LogP contribution in [0.4, 0.5) is 0 Å². The smallest absolute Gasteiger partial charge is 0.335 e. The third kappa shape index (κ3) is 26.8. The van der Waals surface area contributed by atoms with Crippen LogP contribution in [0, 0.1) is 73.0 Å². The molecule has 0 saturated heterocycles. The van der Waals surface area contributed by atoms with E-state index >= 15 is 0 Å². The van der Waals surface area contributed by atoms with Crippen molar-refractivity contribution in [2.75, 3.05) is 37.5 Å². The van der Waals surface area contributed by atoms with Gasteiger partial charge in [0.1, 0.15) is 0 Å². The van der Waals surface area contributed by atoms with Gasteiger partial charge in [0, 0.05) is 69.7 Å². The Morgan fingerprint density at radius 1 is 0.282 bits per heavy atom. The maximum Gasteiger partial charge on any atom is 0.335 e. The van der Waals surface area contributed by atoms with E-state index < -0.39 is 191 Å². The highest BCUT2D eigenvalue weighted by Gasteiger charge is 2.61. The summed E-state index contributed by atoms with van der Waals surface area (Å²) in [6.07, 6.45) is 8.17. The molecule has 0 aromatic carbocycles. The minimum atomic E-state index is -3.92. The number of aryl methyl sites for hydroxylation is 2. The van der Waals surface area contributed by atoms with E-state index in [1.807, 2.05) is 0 Å². The minimum Gasteiger partial charge on any atom is -0.425 e. The molecule has 0 N–H and O–H groups in total. The van der Waals surface area contributed by atoms with Crippen LogP contribution in [-0.4, -0.2) is 215 Å². The van der Waals surface area contributed by atoms with E-state index in [4.69, 9.17) is 75.5 Å². The molecule has 0 amide bonds. The lowest BCUT2D eigenvalue weighted by molar-refractivity contribution is -0.0336. The molecular formula is C68H112N16O24S16. The summed E-state index contributed by atoms with van der Waals surface area (Å²) in [4.78, 5) is 0. The van der Waals surface area contributed by atoms with Gasteiger partial charge in [0.2, 0.25) is 118 Å². The van der Waals surface area contributed by atoms with Gasteiger partial charge in [-0.15, -0.1) is 74.3 Å². The van der Waals surface area contributed by atoms with Gasteiger partial charge in [0.25, 0.3) is 0 Å². The number of sulfone groups is 6. The van der Waals surface area contributed by atoms with Crippen LogP contribution in [0.2, 0.25) is 0 Å². The molecule has 704 valence electrons. The zero-order valence-electron chi connectivity index (χ0n) is 73.0. The Bertz CT molecular complexity index is 5260. The van der Waals surface area contributed by atoms with Gasteiger partial charge in [-0.25, -0.2) is 50.5 Å². The third-order valence-electron chi connectivity index (χ3n) is 22.4. The molecule has 0 bridgehead atoms. The molecule has 3 saturated carbocycles. The zero-order valence-corrected chi connectivity index (χ0v) is 86.5. The van der Waals surface area contributed by atoms with Crippen molar-refractivity contribution in [3.63, 3.8) is 0 Å². The van der Waals surface area contributed by atoms with Crippen LogP contribution in [-0.2, 0) is 82.2 Å². The van der Waals surface area contributed by atoms with E-state index in [2.05, 4.69) is 243 Å². The van der Waals surface area contributed by atoms with Crippen molar-refractivity contribution in [1.82, 2.24) is 81.6 Å². The van der Waals surface area contributed by atoms with E-state index in [0.717, 1.165) is 84.9 Å². The Hall–Kier alpha value is -4.74. The largest absolute Gasteiger partial charge is 0.425 e. The number of thiol groups is 6. The van der Waals surface area contributed by atoms with Crippen molar-refractivity contribution in [2.24, 2.45) is 59.2 Å². The molecule has 11 rings (SSSR count). The summed E-state index contributed by atoms with van der Waals surface area (Å²) in [5.74, 6) is -2.21. The predicted molar refractivity (Wildman–Crippen MR) is 480 cm³/mol. The first kappa shape index (κ1) is 110. The molecule has 20 atom stereocenters. The Balaban J connectivity index is 0.000000297. The lowest BCUT2D eigenvalue weighted by Crippen LogP contribution is -2.45. The summed E-state index contributed by atoms with van der Waals surface area (Å²) >= 11 is 25.8. The van der Waals surface area contributed by atoms with E-state index in [0.29, 0.717) is 28.8 Å². The van der Waals surface area contributed by atoms with Crippen LogP contribution in [0.15, 0.2) is 66.7 Å². The van der Waals surface area contributed by atoms with E-state index in [1.165, 1.54) is 12.8 Å². The van der Waals surface area contributed by atoms with Crippen LogP contribution in [0.1, 0.15) is 244 Å². The number of rotatable bonds is 26. The van der Waals surface area contributed by atoms with Gasteiger partial charge in [-0.05, 0) is 110 Å². The molecule has 0 spiro atoms. The molecule has 124 heavy (non-hydrogen) atoms. The normalized spacial score (nSPS) is 25.3. The Morgan fingerprint density at radius 3 is 0.565 bits per heavy atom. The van der Waals surface area contributed by atoms with Crippen molar-refractivity contribution >= 4 is 174 Å². The summed E-state index contributed by atoms with van der Waals surface area (Å²) in [7, 11) is -25.4. The molecule has 0 aliphatic heterocycles. The summed E-state index contributed by atoms with van der Waals surface area (Å²) in [5, 5.41) is 58.3. The highest BCUT2D eigenvalue weighted by molar-refractivity contribution is 8.91. The number of hydrogen-bond acceptors (Lipinski definition) is 46. The molecule has 3 fully saturated rings. The Kier molecular flexibility index (Phi) is 39.4. The molecule has 56 heteroatoms. The zero-order chi connectivity index (χ0) is 94.9. The quantitative estimate of drug-likeness (QED) is 0.0217. The molecule has 40 nitrogen and oxygen atoms in total. The van der Waals surface area contributed by atoms with Gasteiger partial charge in [-0.2, -0.15) is 85.5 Å². The van der Waals surface area contributed by atoms with Crippen molar-refractivity contribution in [1.29, 1.82) is 0 Å². The average molecular weight is 2050 g/mol. The highest BCUT2D eigenvalue weighted by atomic mass is 33.1. The van der Waals surface area contributed by atoms with Crippen molar-refractivity contribution in [3.8, 4) is 0 Å². The maximum absolute atomic E-state index is 12.1. The fraction of sp³-hybridized carbons (Fsp3) is 0.765. The fourth-order valence-electron chi connectivity index (χ4n) is 15.1. The second-order valence-electron chi connectivity index (χ2n) is 32.4. The minimum absolute atomic E-state index is 0.0855. The van der Waals surface area contributed by atoms with Crippen LogP contribution in [0.5, 0.6) is 0 Å². The molecule has 3 aliphatic carbocycles. The number of hydrogen-bond donors (Lipinski definition) is 6. The van der Waals surface area contributed by atoms with Gasteiger partial charge in [0.15, 0.2) is 0 Å². The molecular weight excluding hydrogens is 1940 g/mol. The second-order valence-corrected chi connectivity index (χ2v) is 59.9. The Labute approximate surface area is 765 Å². The van der Waals surface area contributed by atoms with Gasteiger partial charge in [-0.1, -0.05) is 128 Å². The predicted octanol–water partition coefficient (Wildman–Crippen LogP) is 11.4. The van der Waals surface area contributed by atoms with Crippen molar-refractivity contribution in [3.05, 3.63) is 58.9 Å². The number of aromatic nitrogens is 16. The first-order chi connectivity index (χ1) is 56.8. The maximum atomic E-state index is 12.1. The third-order valence-corrected chi connectivity index (χ3v) is 47.1.